The first-order valence-electron chi connectivity index (χ1n) is 6.66. The molecule has 3 heteroatoms. The van der Waals surface area contributed by atoms with Gasteiger partial charge in [0.25, 0.3) is 0 Å². The first kappa shape index (κ1) is 15.2. The van der Waals surface area contributed by atoms with E-state index in [1.165, 1.54) is 5.56 Å². The van der Waals surface area contributed by atoms with E-state index in [9.17, 15) is 0 Å². The number of hydrogen-bond donors (Lipinski definition) is 1. The van der Waals surface area contributed by atoms with Gasteiger partial charge in [0.2, 0.25) is 0 Å². The predicted molar refractivity (Wildman–Crippen MR) is 74.6 cm³/mol. The third-order valence-electron chi connectivity index (χ3n) is 2.92. The molecule has 2 unspecified atom stereocenters. The normalized spacial score (nSPS) is 14.4. The molecule has 1 rings (SSSR count). The van der Waals surface area contributed by atoms with E-state index in [4.69, 9.17) is 15.2 Å². The molecule has 0 fully saturated rings. The highest BCUT2D eigenvalue weighted by Gasteiger charge is 2.14. The van der Waals surface area contributed by atoms with Crippen LogP contribution in [0.25, 0.3) is 0 Å². The second-order valence-corrected chi connectivity index (χ2v) is 4.62. The molecule has 0 saturated heterocycles. The highest BCUT2D eigenvalue weighted by Crippen LogP contribution is 2.16. The minimum absolute atomic E-state index is 0.00191. The molecule has 0 heterocycles. The summed E-state index contributed by atoms with van der Waals surface area (Å²) in [4.78, 5) is 0. The van der Waals surface area contributed by atoms with Crippen molar-refractivity contribution in [2.45, 2.75) is 39.3 Å². The van der Waals surface area contributed by atoms with E-state index in [1.54, 1.807) is 0 Å². The summed E-state index contributed by atoms with van der Waals surface area (Å²) in [5.41, 5.74) is 8.52. The molecular weight excluding hydrogens is 226 g/mol. The zero-order chi connectivity index (χ0) is 13.4. The van der Waals surface area contributed by atoms with Gasteiger partial charge in [-0.3, -0.25) is 0 Å². The molecule has 0 aliphatic rings. The van der Waals surface area contributed by atoms with Crippen molar-refractivity contribution < 1.29 is 9.47 Å². The van der Waals surface area contributed by atoms with Crippen LogP contribution in [-0.4, -0.2) is 25.9 Å². The van der Waals surface area contributed by atoms with E-state index in [1.807, 2.05) is 6.92 Å². The van der Waals surface area contributed by atoms with Crippen LogP contribution in [0.5, 0.6) is 0 Å². The Hall–Kier alpha value is -0.900. The summed E-state index contributed by atoms with van der Waals surface area (Å²) in [6, 6.07) is 8.19. The molecule has 0 spiro atoms. The van der Waals surface area contributed by atoms with Crippen LogP contribution in [-0.2, 0) is 9.47 Å². The van der Waals surface area contributed by atoms with Crippen molar-refractivity contribution in [1.82, 2.24) is 0 Å². The number of nitrogens with two attached hydrogens (primary N) is 1. The van der Waals surface area contributed by atoms with Gasteiger partial charge in [0, 0.05) is 6.61 Å². The van der Waals surface area contributed by atoms with Crippen LogP contribution in [0.15, 0.2) is 24.3 Å². The minimum atomic E-state index is -0.0863. The fourth-order valence-corrected chi connectivity index (χ4v) is 1.70. The van der Waals surface area contributed by atoms with Gasteiger partial charge < -0.3 is 15.2 Å². The summed E-state index contributed by atoms with van der Waals surface area (Å²) in [6.07, 6.45) is 1.04. The average molecular weight is 251 g/mol. The van der Waals surface area contributed by atoms with Crippen LogP contribution >= 0.6 is 0 Å². The Morgan fingerprint density at radius 1 is 1.11 bits per heavy atom. The second kappa shape index (κ2) is 8.25. The Morgan fingerprint density at radius 2 is 1.78 bits per heavy atom. The zero-order valence-corrected chi connectivity index (χ0v) is 11.7. The van der Waals surface area contributed by atoms with Crippen molar-refractivity contribution in [3.05, 3.63) is 35.4 Å². The van der Waals surface area contributed by atoms with Crippen molar-refractivity contribution >= 4 is 0 Å². The predicted octanol–water partition coefficient (Wildman–Crippen LogP) is 2.83. The minimum Gasteiger partial charge on any atom is -0.379 e. The summed E-state index contributed by atoms with van der Waals surface area (Å²) in [7, 11) is 0. The molecule has 2 N–H and O–H groups in total. The third-order valence-corrected chi connectivity index (χ3v) is 2.92. The van der Waals surface area contributed by atoms with Crippen LogP contribution < -0.4 is 5.73 Å². The summed E-state index contributed by atoms with van der Waals surface area (Å²) >= 11 is 0. The molecule has 0 aromatic heterocycles. The summed E-state index contributed by atoms with van der Waals surface area (Å²) in [5, 5.41) is 0. The van der Waals surface area contributed by atoms with Gasteiger partial charge in [-0.25, -0.2) is 0 Å². The SMILES string of the molecule is CCCOCCOC(C)C(N)c1ccc(C)cc1. The van der Waals surface area contributed by atoms with Gasteiger partial charge in [-0.05, 0) is 25.8 Å². The van der Waals surface area contributed by atoms with Crippen molar-refractivity contribution in [2.24, 2.45) is 5.73 Å². The smallest absolute Gasteiger partial charge is 0.0740 e. The van der Waals surface area contributed by atoms with E-state index in [0.717, 1.165) is 18.6 Å². The van der Waals surface area contributed by atoms with E-state index >= 15 is 0 Å². The summed E-state index contributed by atoms with van der Waals surface area (Å²) in [5.74, 6) is 0. The lowest BCUT2D eigenvalue weighted by Crippen LogP contribution is -2.27. The Kier molecular flexibility index (Phi) is 6.94. The third kappa shape index (κ3) is 5.17. The van der Waals surface area contributed by atoms with Crippen molar-refractivity contribution in [1.29, 1.82) is 0 Å². The first-order valence-corrected chi connectivity index (χ1v) is 6.66. The number of aryl methyl sites for hydroxylation is 1. The molecule has 1 aromatic rings. The number of benzene rings is 1. The Balaban J connectivity index is 2.32. The molecule has 2 atom stereocenters. The largest absolute Gasteiger partial charge is 0.379 e. The Labute approximate surface area is 110 Å². The Bertz CT molecular complexity index is 324. The lowest BCUT2D eigenvalue weighted by molar-refractivity contribution is 0.00214. The molecule has 0 radical (unpaired) electrons. The molecule has 0 aliphatic heterocycles. The first-order chi connectivity index (χ1) is 8.65. The van der Waals surface area contributed by atoms with Gasteiger partial charge in [-0.1, -0.05) is 36.8 Å². The Morgan fingerprint density at radius 3 is 2.39 bits per heavy atom. The number of ether oxygens (including phenoxy) is 2. The lowest BCUT2D eigenvalue weighted by atomic mass is 10.0. The van der Waals surface area contributed by atoms with Crippen molar-refractivity contribution in [2.75, 3.05) is 19.8 Å². The van der Waals surface area contributed by atoms with E-state index in [2.05, 4.69) is 38.1 Å². The standard InChI is InChI=1S/C15H25NO2/c1-4-9-17-10-11-18-13(3)15(16)14-7-5-12(2)6-8-14/h5-8,13,15H,4,9-11,16H2,1-3H3. The van der Waals surface area contributed by atoms with Gasteiger partial charge in [0.15, 0.2) is 0 Å². The maximum Gasteiger partial charge on any atom is 0.0740 e. The monoisotopic (exact) mass is 251 g/mol. The average Bonchev–Trinajstić information content (AvgIpc) is 2.38. The summed E-state index contributed by atoms with van der Waals surface area (Å²) < 4.78 is 11.1. The van der Waals surface area contributed by atoms with Gasteiger partial charge >= 0.3 is 0 Å². The molecule has 0 amide bonds. The molecule has 1 aromatic carbocycles. The van der Waals surface area contributed by atoms with Crippen LogP contribution in [0.2, 0.25) is 0 Å². The van der Waals surface area contributed by atoms with Gasteiger partial charge in [0.05, 0.1) is 25.4 Å². The van der Waals surface area contributed by atoms with E-state index in [0.29, 0.717) is 13.2 Å². The maximum absolute atomic E-state index is 6.16. The molecule has 0 aliphatic carbocycles. The van der Waals surface area contributed by atoms with E-state index in [-0.39, 0.29) is 12.1 Å². The molecule has 0 bridgehead atoms. The topological polar surface area (TPSA) is 44.5 Å². The van der Waals surface area contributed by atoms with E-state index < -0.39 is 0 Å². The van der Waals surface area contributed by atoms with Crippen LogP contribution in [0.1, 0.15) is 37.4 Å². The number of rotatable bonds is 8. The molecule has 3 nitrogen and oxygen atoms in total. The van der Waals surface area contributed by atoms with Crippen molar-refractivity contribution in [3.8, 4) is 0 Å². The summed E-state index contributed by atoms with van der Waals surface area (Å²) in [6.45, 7) is 8.20. The molecule has 18 heavy (non-hydrogen) atoms. The molecule has 0 saturated carbocycles. The highest BCUT2D eigenvalue weighted by molar-refractivity contribution is 5.24. The zero-order valence-electron chi connectivity index (χ0n) is 11.7. The van der Waals surface area contributed by atoms with Gasteiger partial charge in [-0.2, -0.15) is 0 Å². The van der Waals surface area contributed by atoms with Crippen LogP contribution in [0.4, 0.5) is 0 Å². The van der Waals surface area contributed by atoms with Crippen molar-refractivity contribution in [3.63, 3.8) is 0 Å². The highest BCUT2D eigenvalue weighted by atomic mass is 16.5. The quantitative estimate of drug-likeness (QED) is 0.723. The maximum atomic E-state index is 6.16. The van der Waals surface area contributed by atoms with Gasteiger partial charge in [-0.15, -0.1) is 0 Å². The molecule has 102 valence electrons. The second-order valence-electron chi connectivity index (χ2n) is 4.62. The molecular formula is C15H25NO2. The van der Waals surface area contributed by atoms with Crippen LogP contribution in [0, 0.1) is 6.92 Å². The van der Waals surface area contributed by atoms with Gasteiger partial charge in [0.1, 0.15) is 0 Å². The van der Waals surface area contributed by atoms with Crippen LogP contribution in [0.3, 0.4) is 0 Å². The lowest BCUT2D eigenvalue weighted by Gasteiger charge is -2.21. The number of hydrogen-bond acceptors (Lipinski definition) is 3. The fourth-order valence-electron chi connectivity index (χ4n) is 1.70. The fraction of sp³-hybridized carbons (Fsp3) is 0.600.